The van der Waals surface area contributed by atoms with E-state index in [1.54, 1.807) is 20.1 Å². The maximum absolute atomic E-state index is 13.7. The van der Waals surface area contributed by atoms with Gasteiger partial charge in [0.1, 0.15) is 11.5 Å². The highest BCUT2D eigenvalue weighted by Gasteiger charge is 2.36. The molecule has 1 aromatic heterocycles. The fraction of sp³-hybridized carbons (Fsp3) is 0.387. The van der Waals surface area contributed by atoms with Crippen LogP contribution >= 0.6 is 0 Å². The zero-order chi connectivity index (χ0) is 27.2. The standard InChI is InChI=1S/C31H36N4O4/c1-23(36)34-17-14-26-10-11-27(35(26)19-24-12-15-32-16-13-24)21-33(20-25-6-3-4-9-30(25)34)31(37)22-39-29-8-5-7-28(18-29)38-2/h3-9,12-13,15-16,18,26-27H,10-11,14,17,19-22H2,1-2H3. The number of pyridine rings is 1. The summed E-state index contributed by atoms with van der Waals surface area (Å²) in [6.45, 7) is 3.97. The first-order valence-electron chi connectivity index (χ1n) is 13.6. The van der Waals surface area contributed by atoms with Gasteiger partial charge in [-0.1, -0.05) is 24.3 Å². The molecule has 204 valence electrons. The van der Waals surface area contributed by atoms with E-state index in [1.807, 2.05) is 76.8 Å². The number of methoxy groups -OCH3 is 1. The van der Waals surface area contributed by atoms with Crippen LogP contribution in [-0.2, 0) is 22.7 Å². The first-order chi connectivity index (χ1) is 19.0. The number of amides is 2. The van der Waals surface area contributed by atoms with E-state index in [9.17, 15) is 9.59 Å². The Hall–Kier alpha value is -3.91. The molecule has 39 heavy (non-hydrogen) atoms. The summed E-state index contributed by atoms with van der Waals surface area (Å²) < 4.78 is 11.2. The van der Waals surface area contributed by atoms with Gasteiger partial charge >= 0.3 is 0 Å². The first-order valence-corrected chi connectivity index (χ1v) is 13.6. The first kappa shape index (κ1) is 26.7. The Morgan fingerprint density at radius 3 is 2.51 bits per heavy atom. The highest BCUT2D eigenvalue weighted by Crippen LogP contribution is 2.32. The molecule has 0 spiro atoms. The number of benzene rings is 2. The topological polar surface area (TPSA) is 75.2 Å². The van der Waals surface area contributed by atoms with Crippen molar-refractivity contribution in [3.05, 3.63) is 84.2 Å². The smallest absolute Gasteiger partial charge is 0.260 e. The summed E-state index contributed by atoms with van der Waals surface area (Å²) in [4.78, 5) is 37.0. The normalized spacial score (nSPS) is 19.6. The molecule has 0 aliphatic carbocycles. The zero-order valence-electron chi connectivity index (χ0n) is 22.7. The lowest BCUT2D eigenvalue weighted by Gasteiger charge is -2.34. The number of hydrogen-bond acceptors (Lipinski definition) is 6. The van der Waals surface area contributed by atoms with Crippen LogP contribution in [0.5, 0.6) is 11.5 Å². The number of rotatable bonds is 6. The van der Waals surface area contributed by atoms with E-state index in [0.717, 1.165) is 37.1 Å². The van der Waals surface area contributed by atoms with Crippen molar-refractivity contribution in [1.82, 2.24) is 14.8 Å². The van der Waals surface area contributed by atoms with Crippen molar-refractivity contribution in [3.63, 3.8) is 0 Å². The van der Waals surface area contributed by atoms with Gasteiger partial charge in [-0.15, -0.1) is 0 Å². The van der Waals surface area contributed by atoms with Crippen LogP contribution in [0.2, 0.25) is 0 Å². The van der Waals surface area contributed by atoms with E-state index in [-0.39, 0.29) is 24.5 Å². The fourth-order valence-electron chi connectivity index (χ4n) is 5.75. The third-order valence-electron chi connectivity index (χ3n) is 7.78. The molecule has 2 aliphatic rings. The lowest BCUT2D eigenvalue weighted by molar-refractivity contribution is -0.134. The third-order valence-corrected chi connectivity index (χ3v) is 7.78. The minimum atomic E-state index is -0.0893. The van der Waals surface area contributed by atoms with Crippen LogP contribution in [0.15, 0.2) is 73.1 Å². The number of carbonyl (C=O) groups is 2. The van der Waals surface area contributed by atoms with Gasteiger partial charge in [0.2, 0.25) is 5.91 Å². The second-order valence-corrected chi connectivity index (χ2v) is 10.2. The summed E-state index contributed by atoms with van der Waals surface area (Å²) in [7, 11) is 1.60. The quantitative estimate of drug-likeness (QED) is 0.475. The van der Waals surface area contributed by atoms with Crippen molar-refractivity contribution in [2.75, 3.05) is 31.7 Å². The highest BCUT2D eigenvalue weighted by molar-refractivity contribution is 5.92. The van der Waals surface area contributed by atoms with Crippen LogP contribution in [0.25, 0.3) is 0 Å². The van der Waals surface area contributed by atoms with Crippen LogP contribution in [0.4, 0.5) is 5.69 Å². The fourth-order valence-corrected chi connectivity index (χ4v) is 5.75. The Kier molecular flexibility index (Phi) is 8.42. The SMILES string of the molecule is COc1cccc(OCC(=O)N2Cc3ccccc3N(C(C)=O)CCC3CCC(C2)N3Cc2ccncc2)c1. The molecule has 0 N–H and O–H groups in total. The lowest BCUT2D eigenvalue weighted by Crippen LogP contribution is -2.46. The van der Waals surface area contributed by atoms with Gasteiger partial charge in [0.15, 0.2) is 6.61 Å². The van der Waals surface area contributed by atoms with Crippen LogP contribution in [0, 0.1) is 0 Å². The van der Waals surface area contributed by atoms with Crippen LogP contribution < -0.4 is 14.4 Å². The van der Waals surface area contributed by atoms with Crippen molar-refractivity contribution in [2.45, 2.75) is 51.4 Å². The maximum atomic E-state index is 13.7. The predicted octanol–water partition coefficient (Wildman–Crippen LogP) is 4.29. The highest BCUT2D eigenvalue weighted by atomic mass is 16.5. The minimum absolute atomic E-state index is 0.0103. The van der Waals surface area contributed by atoms with E-state index in [2.05, 4.69) is 9.88 Å². The van der Waals surface area contributed by atoms with Crippen molar-refractivity contribution >= 4 is 17.5 Å². The Morgan fingerprint density at radius 1 is 0.949 bits per heavy atom. The van der Waals surface area contributed by atoms with Crippen LogP contribution in [0.1, 0.15) is 37.3 Å². The summed E-state index contributed by atoms with van der Waals surface area (Å²) in [6.07, 6.45) is 6.55. The zero-order valence-corrected chi connectivity index (χ0v) is 22.7. The van der Waals surface area contributed by atoms with Gasteiger partial charge in [0.25, 0.3) is 5.91 Å². The molecule has 2 atom stereocenters. The van der Waals surface area contributed by atoms with Crippen molar-refractivity contribution in [3.8, 4) is 11.5 Å². The summed E-state index contributed by atoms with van der Waals surface area (Å²) in [6, 6.07) is 19.8. The van der Waals surface area contributed by atoms with Gasteiger partial charge in [-0.2, -0.15) is 0 Å². The van der Waals surface area contributed by atoms with Crippen molar-refractivity contribution < 1.29 is 19.1 Å². The Labute approximate surface area is 230 Å². The molecule has 2 bridgehead atoms. The molecule has 0 radical (unpaired) electrons. The summed E-state index contributed by atoms with van der Waals surface area (Å²) in [5, 5.41) is 0. The molecule has 2 aromatic carbocycles. The van der Waals surface area contributed by atoms with E-state index in [0.29, 0.717) is 37.2 Å². The molecule has 2 aliphatic heterocycles. The van der Waals surface area contributed by atoms with E-state index >= 15 is 0 Å². The largest absolute Gasteiger partial charge is 0.497 e. The van der Waals surface area contributed by atoms with Crippen LogP contribution in [0.3, 0.4) is 0 Å². The van der Waals surface area contributed by atoms with E-state index < -0.39 is 0 Å². The Bertz CT molecular complexity index is 1280. The molecule has 1 saturated heterocycles. The van der Waals surface area contributed by atoms with Gasteiger partial charge in [-0.05, 0) is 60.7 Å². The molecule has 5 rings (SSSR count). The van der Waals surface area contributed by atoms with Crippen molar-refractivity contribution in [2.24, 2.45) is 0 Å². The number of fused-ring (bicyclic) bond motifs is 3. The molecule has 3 heterocycles. The number of ether oxygens (including phenoxy) is 2. The summed E-state index contributed by atoms with van der Waals surface area (Å²) >= 11 is 0. The number of anilines is 1. The number of para-hydroxylation sites is 1. The lowest BCUT2D eigenvalue weighted by atomic mass is 10.1. The second kappa shape index (κ2) is 12.3. The predicted molar refractivity (Wildman–Crippen MR) is 150 cm³/mol. The molecule has 8 nitrogen and oxygen atoms in total. The molecule has 0 saturated carbocycles. The Balaban J connectivity index is 1.44. The summed E-state index contributed by atoms with van der Waals surface area (Å²) in [5.41, 5.74) is 3.03. The monoisotopic (exact) mass is 528 g/mol. The molecule has 2 amide bonds. The average Bonchev–Trinajstić information content (AvgIpc) is 3.31. The molecule has 1 fully saturated rings. The van der Waals surface area contributed by atoms with Gasteiger partial charge < -0.3 is 19.3 Å². The second-order valence-electron chi connectivity index (χ2n) is 10.2. The minimum Gasteiger partial charge on any atom is -0.497 e. The average molecular weight is 529 g/mol. The maximum Gasteiger partial charge on any atom is 0.260 e. The van der Waals surface area contributed by atoms with Gasteiger partial charge in [-0.25, -0.2) is 0 Å². The van der Waals surface area contributed by atoms with E-state index in [1.165, 1.54) is 5.56 Å². The van der Waals surface area contributed by atoms with E-state index in [4.69, 9.17) is 9.47 Å². The Morgan fingerprint density at radius 2 is 1.72 bits per heavy atom. The van der Waals surface area contributed by atoms with Crippen LogP contribution in [-0.4, -0.2) is 65.5 Å². The van der Waals surface area contributed by atoms with Gasteiger partial charge in [0.05, 0.1) is 7.11 Å². The number of aromatic nitrogens is 1. The molecule has 8 heteroatoms. The van der Waals surface area contributed by atoms with Gasteiger partial charge in [0, 0.05) is 69.3 Å². The van der Waals surface area contributed by atoms with Crippen molar-refractivity contribution in [1.29, 1.82) is 0 Å². The third kappa shape index (κ3) is 6.40. The summed E-state index contributed by atoms with van der Waals surface area (Å²) in [5.74, 6) is 1.19. The molecular formula is C31H36N4O4. The molecule has 3 aromatic rings. The number of hydrogen-bond donors (Lipinski definition) is 0. The molecule has 2 unspecified atom stereocenters. The molecular weight excluding hydrogens is 492 g/mol. The van der Waals surface area contributed by atoms with Gasteiger partial charge in [-0.3, -0.25) is 19.5 Å². The number of nitrogens with zero attached hydrogens (tertiary/aromatic N) is 4. The number of carbonyl (C=O) groups excluding carboxylic acids is 2.